The fourth-order valence-electron chi connectivity index (χ4n) is 4.92. The number of rotatable bonds is 4. The molecule has 2 aliphatic heterocycles. The van der Waals surface area contributed by atoms with Gasteiger partial charge >= 0.3 is 0 Å². The summed E-state index contributed by atoms with van der Waals surface area (Å²) in [6.45, 7) is 9.82. The summed E-state index contributed by atoms with van der Waals surface area (Å²) in [5.74, 6) is 0.999. The maximum Gasteiger partial charge on any atom is 0.228 e. The molecule has 34 heavy (non-hydrogen) atoms. The van der Waals surface area contributed by atoms with E-state index in [9.17, 15) is 14.0 Å². The SMILES string of the molecule is CN1C(=O)CCC(C(=O)N2CCCN(Cc3ncc(C(C)(C)C)o3)CC2)C1c1ccc(F)cc1. The fourth-order valence-corrected chi connectivity index (χ4v) is 4.92. The van der Waals surface area contributed by atoms with Crippen molar-refractivity contribution in [3.8, 4) is 0 Å². The molecular formula is C26H35FN4O3. The molecule has 0 aliphatic carbocycles. The van der Waals surface area contributed by atoms with Crippen molar-refractivity contribution in [2.24, 2.45) is 5.92 Å². The van der Waals surface area contributed by atoms with Gasteiger partial charge < -0.3 is 14.2 Å². The Hall–Kier alpha value is -2.74. The number of aromatic nitrogens is 1. The van der Waals surface area contributed by atoms with E-state index in [2.05, 4.69) is 30.7 Å². The van der Waals surface area contributed by atoms with E-state index in [0.717, 1.165) is 30.8 Å². The summed E-state index contributed by atoms with van der Waals surface area (Å²) >= 11 is 0. The number of halogens is 1. The first-order chi connectivity index (χ1) is 16.1. The van der Waals surface area contributed by atoms with E-state index in [1.54, 1.807) is 30.3 Å². The highest BCUT2D eigenvalue weighted by Crippen LogP contribution is 2.37. The molecule has 8 heteroatoms. The lowest BCUT2D eigenvalue weighted by Gasteiger charge is -2.40. The van der Waals surface area contributed by atoms with Crippen molar-refractivity contribution in [3.05, 3.63) is 53.5 Å². The average Bonchev–Trinajstić information content (AvgIpc) is 3.15. The normalized spacial score (nSPS) is 22.7. The Morgan fingerprint density at radius 1 is 1.15 bits per heavy atom. The number of hydrogen-bond donors (Lipinski definition) is 0. The van der Waals surface area contributed by atoms with E-state index >= 15 is 0 Å². The van der Waals surface area contributed by atoms with Crippen LogP contribution in [-0.4, -0.2) is 64.7 Å². The zero-order chi connectivity index (χ0) is 24.5. The predicted octanol–water partition coefficient (Wildman–Crippen LogP) is 3.76. The molecule has 0 spiro atoms. The molecule has 0 N–H and O–H groups in total. The highest BCUT2D eigenvalue weighted by molar-refractivity contribution is 5.85. The van der Waals surface area contributed by atoms with Crippen LogP contribution in [0.1, 0.15) is 63.3 Å². The monoisotopic (exact) mass is 470 g/mol. The molecule has 0 saturated carbocycles. The van der Waals surface area contributed by atoms with Gasteiger partial charge in [-0.05, 0) is 30.5 Å². The first kappa shape index (κ1) is 24.4. The largest absolute Gasteiger partial charge is 0.444 e. The Bertz CT molecular complexity index is 1010. The van der Waals surface area contributed by atoms with Crippen LogP contribution in [-0.2, 0) is 21.5 Å². The minimum Gasteiger partial charge on any atom is -0.444 e. The predicted molar refractivity (Wildman–Crippen MR) is 126 cm³/mol. The van der Waals surface area contributed by atoms with Gasteiger partial charge in [-0.1, -0.05) is 32.9 Å². The highest BCUT2D eigenvalue weighted by atomic mass is 19.1. The van der Waals surface area contributed by atoms with Gasteiger partial charge in [-0.25, -0.2) is 9.37 Å². The number of nitrogens with zero attached hydrogens (tertiary/aromatic N) is 4. The molecular weight excluding hydrogens is 435 g/mol. The summed E-state index contributed by atoms with van der Waals surface area (Å²) in [7, 11) is 1.74. The molecule has 3 heterocycles. The third-order valence-corrected chi connectivity index (χ3v) is 6.94. The van der Waals surface area contributed by atoms with E-state index in [4.69, 9.17) is 4.42 Å². The molecule has 7 nitrogen and oxygen atoms in total. The Morgan fingerprint density at radius 3 is 2.56 bits per heavy atom. The first-order valence-corrected chi connectivity index (χ1v) is 12.1. The van der Waals surface area contributed by atoms with Crippen molar-refractivity contribution in [2.45, 2.75) is 58.0 Å². The minimum absolute atomic E-state index is 0.0148. The van der Waals surface area contributed by atoms with Crippen molar-refractivity contribution in [2.75, 3.05) is 33.2 Å². The first-order valence-electron chi connectivity index (χ1n) is 12.1. The number of oxazole rings is 1. The standard InChI is InChI=1S/C26H35FN4O3/c1-26(2,3)21-16-28-22(34-21)17-30-12-5-13-31(15-14-30)25(33)20-10-11-23(32)29(4)24(20)18-6-8-19(27)9-7-18/h6-9,16,20,24H,5,10-15,17H2,1-4H3. The number of carbonyl (C=O) groups excluding carboxylic acids is 2. The van der Waals surface area contributed by atoms with Gasteiger partial charge in [0.25, 0.3) is 0 Å². The van der Waals surface area contributed by atoms with Crippen molar-refractivity contribution < 1.29 is 18.4 Å². The van der Waals surface area contributed by atoms with E-state index < -0.39 is 0 Å². The molecule has 2 aliphatic rings. The second-order valence-corrected chi connectivity index (χ2v) is 10.5. The van der Waals surface area contributed by atoms with Crippen LogP contribution in [0.15, 0.2) is 34.9 Å². The number of hydrogen-bond acceptors (Lipinski definition) is 5. The smallest absolute Gasteiger partial charge is 0.228 e. The Balaban J connectivity index is 1.43. The van der Waals surface area contributed by atoms with Gasteiger partial charge in [-0.2, -0.15) is 0 Å². The lowest BCUT2D eigenvalue weighted by atomic mass is 9.83. The molecule has 0 radical (unpaired) electrons. The summed E-state index contributed by atoms with van der Waals surface area (Å²) < 4.78 is 19.5. The van der Waals surface area contributed by atoms with Crippen LogP contribution < -0.4 is 0 Å². The number of piperidine rings is 1. The second kappa shape index (κ2) is 9.86. The Kier molecular flexibility index (Phi) is 7.07. The van der Waals surface area contributed by atoms with Crippen LogP contribution in [0.2, 0.25) is 0 Å². The third-order valence-electron chi connectivity index (χ3n) is 6.94. The summed E-state index contributed by atoms with van der Waals surface area (Å²) in [6.07, 6.45) is 3.53. The fraction of sp³-hybridized carbons (Fsp3) is 0.577. The van der Waals surface area contributed by atoms with Gasteiger partial charge in [0.2, 0.25) is 17.7 Å². The molecule has 184 valence electrons. The second-order valence-electron chi connectivity index (χ2n) is 10.5. The Morgan fingerprint density at radius 2 is 1.88 bits per heavy atom. The molecule has 2 fully saturated rings. The Labute approximate surface area is 200 Å². The molecule has 2 atom stereocenters. The molecule has 1 aromatic carbocycles. The maximum atomic E-state index is 13.7. The molecule has 0 bridgehead atoms. The van der Waals surface area contributed by atoms with Crippen molar-refractivity contribution in [1.29, 1.82) is 0 Å². The quantitative estimate of drug-likeness (QED) is 0.681. The molecule has 2 unspecified atom stereocenters. The highest BCUT2D eigenvalue weighted by Gasteiger charge is 2.40. The number of carbonyl (C=O) groups is 2. The van der Waals surface area contributed by atoms with Gasteiger partial charge in [0, 0.05) is 45.1 Å². The lowest BCUT2D eigenvalue weighted by Crippen LogP contribution is -2.48. The lowest BCUT2D eigenvalue weighted by molar-refractivity contribution is -0.146. The summed E-state index contributed by atoms with van der Waals surface area (Å²) in [4.78, 5) is 36.4. The topological polar surface area (TPSA) is 69.9 Å². The van der Waals surface area contributed by atoms with Crippen molar-refractivity contribution in [3.63, 3.8) is 0 Å². The van der Waals surface area contributed by atoms with Gasteiger partial charge in [0.05, 0.1) is 24.7 Å². The van der Waals surface area contributed by atoms with Crippen LogP contribution in [0.5, 0.6) is 0 Å². The molecule has 2 amide bonds. The summed E-state index contributed by atoms with van der Waals surface area (Å²) in [6, 6.07) is 5.77. The van der Waals surface area contributed by atoms with Crippen LogP contribution in [0.4, 0.5) is 4.39 Å². The van der Waals surface area contributed by atoms with Crippen LogP contribution in [0.25, 0.3) is 0 Å². The maximum absolute atomic E-state index is 13.7. The molecule has 4 rings (SSSR count). The van der Waals surface area contributed by atoms with Gasteiger partial charge in [-0.3, -0.25) is 14.5 Å². The molecule has 2 saturated heterocycles. The molecule has 2 aromatic rings. The zero-order valence-electron chi connectivity index (χ0n) is 20.6. The summed E-state index contributed by atoms with van der Waals surface area (Å²) in [5, 5.41) is 0. The molecule has 1 aromatic heterocycles. The number of benzene rings is 1. The van der Waals surface area contributed by atoms with Crippen LogP contribution in [0.3, 0.4) is 0 Å². The van der Waals surface area contributed by atoms with Crippen molar-refractivity contribution >= 4 is 11.8 Å². The van der Waals surface area contributed by atoms with Gasteiger partial charge in [0.1, 0.15) is 11.6 Å². The van der Waals surface area contributed by atoms with E-state index in [0.29, 0.717) is 38.4 Å². The van der Waals surface area contributed by atoms with E-state index in [1.807, 2.05) is 4.90 Å². The number of amides is 2. The van der Waals surface area contributed by atoms with E-state index in [1.165, 1.54) is 12.1 Å². The van der Waals surface area contributed by atoms with Gasteiger partial charge in [0.15, 0.2) is 0 Å². The van der Waals surface area contributed by atoms with Crippen LogP contribution in [0, 0.1) is 11.7 Å². The number of likely N-dealkylation sites (tertiary alicyclic amines) is 1. The minimum atomic E-state index is -0.378. The van der Waals surface area contributed by atoms with Crippen LogP contribution >= 0.6 is 0 Å². The summed E-state index contributed by atoms with van der Waals surface area (Å²) in [5.41, 5.74) is 0.716. The van der Waals surface area contributed by atoms with Gasteiger partial charge in [-0.15, -0.1) is 0 Å². The van der Waals surface area contributed by atoms with Crippen molar-refractivity contribution in [1.82, 2.24) is 19.7 Å². The van der Waals surface area contributed by atoms with E-state index in [-0.39, 0.29) is 35.0 Å². The zero-order valence-corrected chi connectivity index (χ0v) is 20.6. The third kappa shape index (κ3) is 5.32. The average molecular weight is 471 g/mol.